The normalized spacial score (nSPS) is 13.6. The van der Waals surface area contributed by atoms with Crippen molar-refractivity contribution in [3.05, 3.63) is 216 Å². The molecule has 4 nitrogen and oxygen atoms in total. The number of hydrogen-bond acceptors (Lipinski definition) is 3. The van der Waals surface area contributed by atoms with E-state index in [0.717, 1.165) is 39.8 Å². The van der Waals surface area contributed by atoms with E-state index in [9.17, 15) is 0 Å². The topological polar surface area (TPSA) is 43.6 Å². The van der Waals surface area contributed by atoms with Gasteiger partial charge in [-0.05, 0) is 91.5 Å². The third-order valence-corrected chi connectivity index (χ3v) is 12.3. The first-order valence-electron chi connectivity index (χ1n) is 21.0. The summed E-state index contributed by atoms with van der Waals surface area (Å²) in [6.45, 7) is 0. The summed E-state index contributed by atoms with van der Waals surface area (Å²) >= 11 is 0. The van der Waals surface area contributed by atoms with Crippen LogP contribution < -0.4 is 10.4 Å². The Morgan fingerprint density at radius 1 is 0.410 bits per heavy atom. The van der Waals surface area contributed by atoms with Crippen LogP contribution in [-0.4, -0.2) is 19.5 Å². The second-order valence-corrected chi connectivity index (χ2v) is 16.0. The van der Waals surface area contributed by atoms with Crippen molar-refractivity contribution in [1.82, 2.24) is 19.5 Å². The van der Waals surface area contributed by atoms with Gasteiger partial charge in [0.1, 0.15) is 0 Å². The summed E-state index contributed by atoms with van der Waals surface area (Å²) in [5.74, 6) is 2.20. The number of hydrogen-bond donors (Lipinski definition) is 0. The Morgan fingerprint density at radius 2 is 1.05 bits per heavy atom. The van der Waals surface area contributed by atoms with Crippen LogP contribution in [0.2, 0.25) is 0 Å². The van der Waals surface area contributed by atoms with Crippen LogP contribution in [-0.2, 0) is 0 Å². The summed E-state index contributed by atoms with van der Waals surface area (Å²) < 4.78 is 2.39. The summed E-state index contributed by atoms with van der Waals surface area (Å²) in [7, 11) is 0. The van der Waals surface area contributed by atoms with Crippen molar-refractivity contribution in [3.63, 3.8) is 0 Å². The summed E-state index contributed by atoms with van der Waals surface area (Å²) in [5, 5.41) is 10.1. The van der Waals surface area contributed by atoms with E-state index >= 15 is 0 Å². The maximum absolute atomic E-state index is 5.05. The molecular weight excluding hydrogens is 741 g/mol. The van der Waals surface area contributed by atoms with Crippen LogP contribution in [0.15, 0.2) is 200 Å². The van der Waals surface area contributed by atoms with Gasteiger partial charge in [-0.25, -0.2) is 15.0 Å². The third-order valence-electron chi connectivity index (χ3n) is 12.3. The van der Waals surface area contributed by atoms with E-state index in [2.05, 4.69) is 156 Å². The molecule has 1 atom stereocenters. The molecule has 0 saturated carbocycles. The molecule has 0 fully saturated rings. The van der Waals surface area contributed by atoms with Gasteiger partial charge < -0.3 is 4.57 Å². The van der Waals surface area contributed by atoms with Crippen molar-refractivity contribution in [2.75, 3.05) is 0 Å². The molecule has 1 unspecified atom stereocenters. The molecule has 0 spiro atoms. The predicted molar refractivity (Wildman–Crippen MR) is 253 cm³/mol. The fourth-order valence-electron chi connectivity index (χ4n) is 9.36. The molecule has 11 aromatic rings. The predicted octanol–water partition coefficient (Wildman–Crippen LogP) is 12.7. The van der Waals surface area contributed by atoms with Gasteiger partial charge in [0.2, 0.25) is 0 Å². The fourth-order valence-corrected chi connectivity index (χ4v) is 9.36. The van der Waals surface area contributed by atoms with E-state index in [0.29, 0.717) is 17.5 Å². The highest BCUT2D eigenvalue weighted by Gasteiger charge is 2.19. The molecule has 2 aromatic heterocycles. The quantitative estimate of drug-likeness (QED) is 0.169. The highest BCUT2D eigenvalue weighted by molar-refractivity contribution is 6.21. The molecule has 2 heterocycles. The van der Waals surface area contributed by atoms with Gasteiger partial charge in [-0.2, -0.15) is 0 Å². The molecule has 61 heavy (non-hydrogen) atoms. The SMILES string of the molecule is C1=c2ccc(-c3cccc4ccccc34)cc2=CC(c2ccc3ccc4c(c3c2)c2ccccc2n4-c2cccc(-c3nc(-c4ccccc4)nc(-c4ccccc4)n3)c2)C1. The minimum atomic E-state index is 0.266. The number of para-hydroxylation sites is 1. The average Bonchev–Trinajstić information content (AvgIpc) is 3.69. The van der Waals surface area contributed by atoms with Gasteiger partial charge in [0.15, 0.2) is 17.5 Å². The van der Waals surface area contributed by atoms with Crippen LogP contribution >= 0.6 is 0 Å². The van der Waals surface area contributed by atoms with E-state index < -0.39 is 0 Å². The van der Waals surface area contributed by atoms with Gasteiger partial charge in [0.05, 0.1) is 11.0 Å². The van der Waals surface area contributed by atoms with E-state index in [4.69, 9.17) is 15.0 Å². The lowest BCUT2D eigenvalue weighted by molar-refractivity contribution is 0.923. The Kier molecular flexibility index (Phi) is 8.27. The van der Waals surface area contributed by atoms with Gasteiger partial charge in [0.25, 0.3) is 0 Å². The van der Waals surface area contributed by atoms with Crippen molar-refractivity contribution in [2.24, 2.45) is 0 Å². The van der Waals surface area contributed by atoms with E-state index in [1.807, 2.05) is 60.7 Å². The standard InChI is InChI=1S/C57H38N4/c1-3-14-40(15-4-1)55-58-56(41-16-5-2-6-17-41)60-57(59-55)45-19-11-20-47(35-45)61-52-24-10-9-22-50(52)54-51-36-43(29-27-39(51)31-32-53(54)61)42-28-25-37-26-30-44(34-46(37)33-42)49-23-12-18-38-13-7-8-21-48(38)49/h1-27,29-36,42H,28H2. The first-order valence-corrected chi connectivity index (χ1v) is 21.0. The van der Waals surface area contributed by atoms with Crippen LogP contribution in [0.25, 0.3) is 106 Å². The molecule has 9 aromatic carbocycles. The van der Waals surface area contributed by atoms with E-state index in [-0.39, 0.29) is 5.92 Å². The molecule has 4 heteroatoms. The zero-order valence-electron chi connectivity index (χ0n) is 33.3. The van der Waals surface area contributed by atoms with Crippen LogP contribution in [0.4, 0.5) is 0 Å². The summed E-state index contributed by atoms with van der Waals surface area (Å²) in [6, 6.07) is 71.5. The Morgan fingerprint density at radius 3 is 1.85 bits per heavy atom. The molecule has 12 rings (SSSR count). The van der Waals surface area contributed by atoms with Gasteiger partial charge >= 0.3 is 0 Å². The van der Waals surface area contributed by atoms with Crippen molar-refractivity contribution in [1.29, 1.82) is 0 Å². The minimum absolute atomic E-state index is 0.266. The van der Waals surface area contributed by atoms with Crippen molar-refractivity contribution >= 4 is 55.5 Å². The Balaban J connectivity index is 0.977. The van der Waals surface area contributed by atoms with Gasteiger partial charge in [-0.15, -0.1) is 0 Å². The zero-order chi connectivity index (χ0) is 40.3. The van der Waals surface area contributed by atoms with Crippen LogP contribution in [0.5, 0.6) is 0 Å². The second-order valence-electron chi connectivity index (χ2n) is 16.0. The van der Waals surface area contributed by atoms with E-state index in [1.54, 1.807) is 0 Å². The molecule has 1 aliphatic rings. The fraction of sp³-hybridized carbons (Fsp3) is 0.0351. The van der Waals surface area contributed by atoms with Crippen molar-refractivity contribution in [3.8, 4) is 51.0 Å². The monoisotopic (exact) mass is 778 g/mol. The number of aromatic nitrogens is 4. The summed E-state index contributed by atoms with van der Waals surface area (Å²) in [4.78, 5) is 15.0. The molecule has 1 aliphatic carbocycles. The number of nitrogens with zero attached hydrogens (tertiary/aromatic N) is 4. The molecule has 0 saturated heterocycles. The van der Waals surface area contributed by atoms with Gasteiger partial charge in [-0.3, -0.25) is 0 Å². The highest BCUT2D eigenvalue weighted by Crippen LogP contribution is 2.39. The number of fused-ring (bicyclic) bond motifs is 7. The molecule has 0 amide bonds. The molecule has 286 valence electrons. The molecule has 0 radical (unpaired) electrons. The Labute approximate surface area is 353 Å². The number of benzene rings is 9. The maximum Gasteiger partial charge on any atom is 0.164 e. The average molecular weight is 779 g/mol. The number of rotatable bonds is 6. The lowest BCUT2D eigenvalue weighted by Crippen LogP contribution is -2.28. The molecule has 0 N–H and O–H groups in total. The van der Waals surface area contributed by atoms with Gasteiger partial charge in [-0.1, -0.05) is 176 Å². The first kappa shape index (κ1) is 35.0. The minimum Gasteiger partial charge on any atom is -0.309 e. The van der Waals surface area contributed by atoms with Crippen LogP contribution in [0.1, 0.15) is 17.9 Å². The summed E-state index contributed by atoms with van der Waals surface area (Å²) in [5.41, 5.74) is 10.1. The lowest BCUT2D eigenvalue weighted by atomic mass is 9.88. The van der Waals surface area contributed by atoms with E-state index in [1.165, 1.54) is 59.4 Å². The largest absolute Gasteiger partial charge is 0.309 e. The van der Waals surface area contributed by atoms with Crippen LogP contribution in [0, 0.1) is 0 Å². The smallest absolute Gasteiger partial charge is 0.164 e. The summed E-state index contributed by atoms with van der Waals surface area (Å²) in [6.07, 6.45) is 5.86. The highest BCUT2D eigenvalue weighted by atomic mass is 15.0. The second kappa shape index (κ2) is 14.4. The van der Waals surface area contributed by atoms with Gasteiger partial charge in [0, 0.05) is 39.1 Å². The zero-order valence-corrected chi connectivity index (χ0v) is 33.3. The maximum atomic E-state index is 5.05. The molecule has 0 aliphatic heterocycles. The third kappa shape index (κ3) is 6.11. The van der Waals surface area contributed by atoms with Crippen LogP contribution in [0.3, 0.4) is 0 Å². The Bertz CT molecular complexity index is 3560. The molecule has 0 bridgehead atoms. The molecular formula is C57H38N4. The Hall–Kier alpha value is -7.95. The van der Waals surface area contributed by atoms with Crippen molar-refractivity contribution < 1.29 is 0 Å². The first-order chi connectivity index (χ1) is 30.2. The van der Waals surface area contributed by atoms with Crippen molar-refractivity contribution in [2.45, 2.75) is 12.3 Å². The lowest BCUT2D eigenvalue weighted by Gasteiger charge is -2.17.